The minimum Gasteiger partial charge on any atom is -0.365 e. The first kappa shape index (κ1) is 19.8. The van der Waals surface area contributed by atoms with Crippen molar-refractivity contribution in [3.05, 3.63) is 76.7 Å². The fraction of sp³-hybridized carbons (Fsp3) is 0.190. The monoisotopic (exact) mass is 446 g/mol. The molecule has 5 rings (SSSR count). The molecule has 3 heterocycles. The van der Waals surface area contributed by atoms with E-state index in [0.29, 0.717) is 22.8 Å². The Balaban J connectivity index is 1.39. The third kappa shape index (κ3) is 3.70. The van der Waals surface area contributed by atoms with Gasteiger partial charge in [0.2, 0.25) is 5.82 Å². The zero-order valence-electron chi connectivity index (χ0n) is 15.8. The highest BCUT2D eigenvalue weighted by Gasteiger charge is 2.30. The Kier molecular flexibility index (Phi) is 4.79. The van der Waals surface area contributed by atoms with Gasteiger partial charge < -0.3 is 13.8 Å². The standard InChI is InChI=1S/C21H14ClF3N4O2/c22-15-4-2-1-3-14(15)17-9-29-11-26-18(16(29)10-30-17)20-27-19(28-31-20)12-5-7-13(8-6-12)21(23,24)25/h1-8,11,17H,9-10H2/t17-/m1/s1. The molecule has 2 aromatic heterocycles. The Hall–Kier alpha value is -3.17. The maximum atomic E-state index is 12.8. The molecule has 4 aromatic rings. The van der Waals surface area contributed by atoms with Gasteiger partial charge in [0.25, 0.3) is 5.89 Å². The van der Waals surface area contributed by atoms with E-state index >= 15 is 0 Å². The van der Waals surface area contributed by atoms with Crippen molar-refractivity contribution in [2.24, 2.45) is 0 Å². The van der Waals surface area contributed by atoms with Crippen LogP contribution in [0.1, 0.15) is 22.9 Å². The predicted octanol–water partition coefficient (Wildman–Crippen LogP) is 5.54. The fourth-order valence-corrected chi connectivity index (χ4v) is 3.73. The van der Waals surface area contributed by atoms with Crippen LogP contribution in [0.3, 0.4) is 0 Å². The van der Waals surface area contributed by atoms with Crippen molar-refractivity contribution in [1.82, 2.24) is 19.7 Å². The van der Waals surface area contributed by atoms with Crippen LogP contribution in [0.15, 0.2) is 59.4 Å². The van der Waals surface area contributed by atoms with Gasteiger partial charge in [-0.25, -0.2) is 4.98 Å². The Morgan fingerprint density at radius 2 is 1.84 bits per heavy atom. The van der Waals surface area contributed by atoms with Gasteiger partial charge >= 0.3 is 6.18 Å². The molecule has 158 valence electrons. The van der Waals surface area contributed by atoms with Crippen LogP contribution in [0.4, 0.5) is 13.2 Å². The van der Waals surface area contributed by atoms with Gasteiger partial charge in [-0.1, -0.05) is 47.1 Å². The molecule has 10 heteroatoms. The maximum absolute atomic E-state index is 12.8. The Morgan fingerprint density at radius 3 is 2.58 bits per heavy atom. The second-order valence-corrected chi connectivity index (χ2v) is 7.42. The van der Waals surface area contributed by atoms with Crippen LogP contribution < -0.4 is 0 Å². The molecule has 1 aliphatic heterocycles. The van der Waals surface area contributed by atoms with Crippen LogP contribution in [0.5, 0.6) is 0 Å². The molecule has 2 aromatic carbocycles. The topological polar surface area (TPSA) is 66.0 Å². The third-order valence-electron chi connectivity index (χ3n) is 5.08. The van der Waals surface area contributed by atoms with Gasteiger partial charge in [0.05, 0.1) is 30.7 Å². The summed E-state index contributed by atoms with van der Waals surface area (Å²) in [5.41, 5.74) is 1.81. The highest BCUT2D eigenvalue weighted by molar-refractivity contribution is 6.31. The lowest BCUT2D eigenvalue weighted by Crippen LogP contribution is -2.20. The minimum atomic E-state index is -4.40. The Labute approximate surface area is 179 Å². The summed E-state index contributed by atoms with van der Waals surface area (Å²) >= 11 is 6.28. The van der Waals surface area contributed by atoms with Crippen LogP contribution in [0.25, 0.3) is 23.0 Å². The number of ether oxygens (including phenoxy) is 1. The highest BCUT2D eigenvalue weighted by Crippen LogP contribution is 2.35. The van der Waals surface area contributed by atoms with Gasteiger partial charge in [0.15, 0.2) is 5.69 Å². The van der Waals surface area contributed by atoms with Crippen LogP contribution in [-0.4, -0.2) is 19.7 Å². The summed E-state index contributed by atoms with van der Waals surface area (Å²) in [4.78, 5) is 8.68. The van der Waals surface area contributed by atoms with Crippen molar-refractivity contribution >= 4 is 11.6 Å². The quantitative estimate of drug-likeness (QED) is 0.413. The number of imidazole rings is 1. The number of rotatable bonds is 3. The average molecular weight is 447 g/mol. The first-order chi connectivity index (χ1) is 14.9. The zero-order chi connectivity index (χ0) is 21.6. The van der Waals surface area contributed by atoms with E-state index in [0.717, 1.165) is 23.4 Å². The number of fused-ring (bicyclic) bond motifs is 1. The summed E-state index contributed by atoms with van der Waals surface area (Å²) < 4.78 is 51.5. The van der Waals surface area contributed by atoms with E-state index < -0.39 is 11.7 Å². The molecule has 1 aliphatic rings. The lowest BCUT2D eigenvalue weighted by molar-refractivity contribution is -0.137. The molecular formula is C21H14ClF3N4O2. The van der Waals surface area contributed by atoms with Crippen molar-refractivity contribution in [1.29, 1.82) is 0 Å². The lowest BCUT2D eigenvalue weighted by Gasteiger charge is -2.26. The van der Waals surface area contributed by atoms with Crippen molar-refractivity contribution in [2.45, 2.75) is 25.4 Å². The second-order valence-electron chi connectivity index (χ2n) is 7.01. The minimum absolute atomic E-state index is 0.170. The number of halogens is 4. The average Bonchev–Trinajstić information content (AvgIpc) is 3.40. The summed E-state index contributed by atoms with van der Waals surface area (Å²) in [5.74, 6) is 0.347. The molecule has 0 aliphatic carbocycles. The summed E-state index contributed by atoms with van der Waals surface area (Å²) in [6.07, 6.45) is -2.95. The summed E-state index contributed by atoms with van der Waals surface area (Å²) in [7, 11) is 0. The van der Waals surface area contributed by atoms with Gasteiger partial charge in [-0.2, -0.15) is 18.2 Å². The SMILES string of the molecule is FC(F)(F)c1ccc(-c2noc(-c3ncn4c3CO[C@@H](c3ccccc3Cl)C4)n2)cc1. The molecule has 0 saturated carbocycles. The molecule has 0 bridgehead atoms. The summed E-state index contributed by atoms with van der Waals surface area (Å²) in [5, 5.41) is 4.52. The number of benzene rings is 2. The highest BCUT2D eigenvalue weighted by atomic mass is 35.5. The number of hydrogen-bond donors (Lipinski definition) is 0. The fourth-order valence-electron chi connectivity index (χ4n) is 3.48. The number of hydrogen-bond acceptors (Lipinski definition) is 5. The third-order valence-corrected chi connectivity index (χ3v) is 5.43. The van der Waals surface area contributed by atoms with Gasteiger partial charge in [-0.15, -0.1) is 0 Å². The first-order valence-corrected chi connectivity index (χ1v) is 9.69. The first-order valence-electron chi connectivity index (χ1n) is 9.32. The summed E-state index contributed by atoms with van der Waals surface area (Å²) in [6.45, 7) is 0.787. The van der Waals surface area contributed by atoms with Crippen LogP contribution in [0, 0.1) is 0 Å². The molecule has 31 heavy (non-hydrogen) atoms. The molecule has 1 atom stereocenters. The van der Waals surface area contributed by atoms with E-state index in [1.807, 2.05) is 28.8 Å². The van der Waals surface area contributed by atoms with Crippen LogP contribution in [-0.2, 0) is 24.1 Å². The van der Waals surface area contributed by atoms with Crippen molar-refractivity contribution in [3.8, 4) is 23.0 Å². The van der Waals surface area contributed by atoms with E-state index in [2.05, 4.69) is 15.1 Å². The van der Waals surface area contributed by atoms with Gasteiger partial charge in [-0.05, 0) is 18.2 Å². The molecule has 0 spiro atoms. The second kappa shape index (κ2) is 7.51. The molecule has 0 saturated heterocycles. The molecule has 0 amide bonds. The number of nitrogens with zero attached hydrogens (tertiary/aromatic N) is 4. The van der Waals surface area contributed by atoms with E-state index in [1.165, 1.54) is 12.1 Å². The largest absolute Gasteiger partial charge is 0.416 e. The van der Waals surface area contributed by atoms with Crippen molar-refractivity contribution in [2.75, 3.05) is 0 Å². The normalized spacial score (nSPS) is 16.3. The van der Waals surface area contributed by atoms with E-state index in [4.69, 9.17) is 20.9 Å². The summed E-state index contributed by atoms with van der Waals surface area (Å²) in [6, 6.07) is 12.1. The van der Waals surface area contributed by atoms with Crippen molar-refractivity contribution in [3.63, 3.8) is 0 Å². The smallest absolute Gasteiger partial charge is 0.365 e. The van der Waals surface area contributed by atoms with Crippen LogP contribution >= 0.6 is 11.6 Å². The van der Waals surface area contributed by atoms with E-state index in [-0.39, 0.29) is 24.4 Å². The molecule has 0 unspecified atom stereocenters. The Bertz CT molecular complexity index is 1230. The molecular weight excluding hydrogens is 433 g/mol. The van der Waals surface area contributed by atoms with Gasteiger partial charge in [0, 0.05) is 16.1 Å². The van der Waals surface area contributed by atoms with Crippen LogP contribution in [0.2, 0.25) is 5.02 Å². The Morgan fingerprint density at radius 1 is 1.06 bits per heavy atom. The van der Waals surface area contributed by atoms with E-state index in [9.17, 15) is 13.2 Å². The van der Waals surface area contributed by atoms with Crippen molar-refractivity contribution < 1.29 is 22.4 Å². The molecule has 0 N–H and O–H groups in total. The van der Waals surface area contributed by atoms with Gasteiger partial charge in [0.1, 0.15) is 6.10 Å². The number of alkyl halides is 3. The molecule has 6 nitrogen and oxygen atoms in total. The molecule has 0 radical (unpaired) electrons. The number of aromatic nitrogens is 4. The van der Waals surface area contributed by atoms with E-state index in [1.54, 1.807) is 6.33 Å². The predicted molar refractivity (Wildman–Crippen MR) is 105 cm³/mol. The van der Waals surface area contributed by atoms with Gasteiger partial charge in [-0.3, -0.25) is 0 Å². The molecule has 0 fully saturated rings. The zero-order valence-corrected chi connectivity index (χ0v) is 16.6. The lowest BCUT2D eigenvalue weighted by atomic mass is 10.1. The maximum Gasteiger partial charge on any atom is 0.416 e.